The highest BCUT2D eigenvalue weighted by molar-refractivity contribution is 5.93. The first-order valence-corrected chi connectivity index (χ1v) is 7.20. The molecule has 0 fully saturated rings. The van der Waals surface area contributed by atoms with Crippen molar-refractivity contribution < 1.29 is 9.53 Å². The van der Waals surface area contributed by atoms with E-state index in [1.807, 2.05) is 6.07 Å². The Kier molecular flexibility index (Phi) is 4.73. The molecule has 0 saturated carbocycles. The molecule has 112 valence electrons. The lowest BCUT2D eigenvalue weighted by Crippen LogP contribution is -2.28. The number of nitrogens with zero attached hydrogens (tertiary/aromatic N) is 2. The Morgan fingerprint density at radius 1 is 1.43 bits per heavy atom. The maximum Gasteiger partial charge on any atom is 0.343 e. The van der Waals surface area contributed by atoms with E-state index in [2.05, 4.69) is 18.8 Å². The standard InChI is InChI=1S/C16H20N2O3/c1-4-21-16(20)13-10-12-6-5-8-17-14(12)18(15(13)19)9-7-11(2)3/h5-6,8,10-11H,4,7,9H2,1-3H3. The van der Waals surface area contributed by atoms with Gasteiger partial charge in [0, 0.05) is 18.1 Å². The summed E-state index contributed by atoms with van der Waals surface area (Å²) in [4.78, 5) is 28.8. The highest BCUT2D eigenvalue weighted by Crippen LogP contribution is 2.13. The first-order valence-electron chi connectivity index (χ1n) is 7.20. The molecule has 0 aliphatic rings. The van der Waals surface area contributed by atoms with Crippen molar-refractivity contribution in [3.63, 3.8) is 0 Å². The molecule has 2 aromatic heterocycles. The monoisotopic (exact) mass is 288 g/mol. The van der Waals surface area contributed by atoms with Crippen LogP contribution in [-0.4, -0.2) is 22.1 Å². The van der Waals surface area contributed by atoms with Gasteiger partial charge in [-0.1, -0.05) is 13.8 Å². The van der Waals surface area contributed by atoms with Crippen molar-refractivity contribution in [2.45, 2.75) is 33.7 Å². The molecule has 0 spiro atoms. The van der Waals surface area contributed by atoms with Gasteiger partial charge < -0.3 is 4.74 Å². The zero-order valence-electron chi connectivity index (χ0n) is 12.6. The Bertz CT molecular complexity index is 704. The van der Waals surface area contributed by atoms with E-state index in [-0.39, 0.29) is 17.7 Å². The second kappa shape index (κ2) is 6.52. The molecule has 0 unspecified atom stereocenters. The van der Waals surface area contributed by atoms with E-state index in [1.165, 1.54) is 0 Å². The largest absolute Gasteiger partial charge is 0.462 e. The minimum absolute atomic E-state index is 0.0705. The van der Waals surface area contributed by atoms with Gasteiger partial charge in [-0.2, -0.15) is 0 Å². The van der Waals surface area contributed by atoms with Crippen LogP contribution in [0.3, 0.4) is 0 Å². The summed E-state index contributed by atoms with van der Waals surface area (Å²) in [6.07, 6.45) is 2.50. The minimum Gasteiger partial charge on any atom is -0.462 e. The van der Waals surface area contributed by atoms with Crippen LogP contribution in [0.5, 0.6) is 0 Å². The van der Waals surface area contributed by atoms with E-state index in [4.69, 9.17) is 4.74 Å². The van der Waals surface area contributed by atoms with Crippen molar-refractivity contribution in [3.8, 4) is 0 Å². The normalized spacial score (nSPS) is 11.0. The number of hydrogen-bond acceptors (Lipinski definition) is 4. The predicted octanol–water partition coefficient (Wildman–Crippen LogP) is 2.62. The highest BCUT2D eigenvalue weighted by atomic mass is 16.5. The lowest BCUT2D eigenvalue weighted by molar-refractivity contribution is 0.0524. The molecule has 0 radical (unpaired) electrons. The molecule has 0 aliphatic carbocycles. The molecule has 0 amide bonds. The van der Waals surface area contributed by atoms with E-state index >= 15 is 0 Å². The highest BCUT2D eigenvalue weighted by Gasteiger charge is 2.17. The molecule has 21 heavy (non-hydrogen) atoms. The number of aromatic nitrogens is 2. The lowest BCUT2D eigenvalue weighted by Gasteiger charge is -2.12. The molecule has 0 N–H and O–H groups in total. The topological polar surface area (TPSA) is 61.2 Å². The SMILES string of the molecule is CCOC(=O)c1cc2cccnc2n(CCC(C)C)c1=O. The van der Waals surface area contributed by atoms with Gasteiger partial charge in [0.2, 0.25) is 0 Å². The molecule has 5 nitrogen and oxygen atoms in total. The summed E-state index contributed by atoms with van der Waals surface area (Å²) in [5.74, 6) is -0.117. The zero-order chi connectivity index (χ0) is 15.4. The number of esters is 1. The van der Waals surface area contributed by atoms with Crippen LogP contribution >= 0.6 is 0 Å². The molecule has 2 heterocycles. The number of rotatable bonds is 5. The third-order valence-electron chi connectivity index (χ3n) is 3.27. The van der Waals surface area contributed by atoms with Gasteiger partial charge >= 0.3 is 5.97 Å². The van der Waals surface area contributed by atoms with Crippen molar-refractivity contribution in [1.82, 2.24) is 9.55 Å². The Labute approximate surface area is 123 Å². The number of carbonyl (C=O) groups excluding carboxylic acids is 1. The van der Waals surface area contributed by atoms with Crippen LogP contribution in [0.1, 0.15) is 37.6 Å². The quantitative estimate of drug-likeness (QED) is 0.793. The summed E-state index contributed by atoms with van der Waals surface area (Å²) < 4.78 is 6.54. The van der Waals surface area contributed by atoms with Crippen LogP contribution in [0.15, 0.2) is 29.2 Å². The van der Waals surface area contributed by atoms with Gasteiger partial charge in [0.25, 0.3) is 5.56 Å². The van der Waals surface area contributed by atoms with Gasteiger partial charge in [-0.15, -0.1) is 0 Å². The first kappa shape index (κ1) is 15.2. The molecule has 0 aromatic carbocycles. The number of fused-ring (bicyclic) bond motifs is 1. The van der Waals surface area contributed by atoms with E-state index in [1.54, 1.807) is 29.8 Å². The summed E-state index contributed by atoms with van der Waals surface area (Å²) in [7, 11) is 0. The summed E-state index contributed by atoms with van der Waals surface area (Å²) in [6, 6.07) is 5.19. The number of hydrogen-bond donors (Lipinski definition) is 0. The van der Waals surface area contributed by atoms with Crippen LogP contribution in [0, 0.1) is 5.92 Å². The maximum absolute atomic E-state index is 12.5. The van der Waals surface area contributed by atoms with Crippen molar-refractivity contribution >= 4 is 17.0 Å². The van der Waals surface area contributed by atoms with E-state index < -0.39 is 5.97 Å². The van der Waals surface area contributed by atoms with Crippen LogP contribution in [-0.2, 0) is 11.3 Å². The minimum atomic E-state index is -0.577. The van der Waals surface area contributed by atoms with E-state index in [0.29, 0.717) is 18.1 Å². The maximum atomic E-state index is 12.5. The zero-order valence-corrected chi connectivity index (χ0v) is 12.6. The van der Waals surface area contributed by atoms with Crippen LogP contribution < -0.4 is 5.56 Å². The van der Waals surface area contributed by atoms with Crippen LogP contribution in [0.25, 0.3) is 11.0 Å². The Balaban J connectivity index is 2.59. The third kappa shape index (κ3) is 3.29. The molecule has 0 bridgehead atoms. The molecule has 0 atom stereocenters. The molecule has 0 aliphatic heterocycles. The second-order valence-corrected chi connectivity index (χ2v) is 5.33. The second-order valence-electron chi connectivity index (χ2n) is 5.33. The van der Waals surface area contributed by atoms with Gasteiger partial charge in [-0.3, -0.25) is 9.36 Å². The average Bonchev–Trinajstić information content (AvgIpc) is 2.45. The number of aryl methyl sites for hydroxylation is 1. The third-order valence-corrected chi connectivity index (χ3v) is 3.27. The van der Waals surface area contributed by atoms with Gasteiger partial charge in [-0.05, 0) is 37.5 Å². The molecular weight excluding hydrogens is 268 g/mol. The molecule has 5 heteroatoms. The predicted molar refractivity (Wildman–Crippen MR) is 81.4 cm³/mol. The summed E-state index contributed by atoms with van der Waals surface area (Å²) in [5.41, 5.74) is 0.345. The summed E-state index contributed by atoms with van der Waals surface area (Å²) in [5, 5.41) is 0.768. The van der Waals surface area contributed by atoms with Gasteiger partial charge in [-0.25, -0.2) is 9.78 Å². The molecule has 0 saturated heterocycles. The lowest BCUT2D eigenvalue weighted by atomic mass is 10.1. The van der Waals surface area contributed by atoms with Crippen molar-refractivity contribution in [2.75, 3.05) is 6.61 Å². The molecule has 2 aromatic rings. The fourth-order valence-corrected chi connectivity index (χ4v) is 2.16. The fraction of sp³-hybridized carbons (Fsp3) is 0.438. The van der Waals surface area contributed by atoms with E-state index in [9.17, 15) is 9.59 Å². The Hall–Kier alpha value is -2.17. The van der Waals surface area contributed by atoms with E-state index in [0.717, 1.165) is 11.8 Å². The first-order chi connectivity index (χ1) is 10.0. The fourth-order valence-electron chi connectivity index (χ4n) is 2.16. The number of pyridine rings is 2. The van der Waals surface area contributed by atoms with Crippen molar-refractivity contribution in [3.05, 3.63) is 40.3 Å². The Morgan fingerprint density at radius 2 is 2.19 bits per heavy atom. The van der Waals surface area contributed by atoms with Crippen molar-refractivity contribution in [2.24, 2.45) is 5.92 Å². The van der Waals surface area contributed by atoms with Crippen LogP contribution in [0.4, 0.5) is 0 Å². The number of carbonyl (C=O) groups is 1. The van der Waals surface area contributed by atoms with Gasteiger partial charge in [0.05, 0.1) is 6.61 Å². The van der Waals surface area contributed by atoms with Gasteiger partial charge in [0.1, 0.15) is 11.2 Å². The smallest absolute Gasteiger partial charge is 0.343 e. The van der Waals surface area contributed by atoms with Crippen molar-refractivity contribution in [1.29, 1.82) is 0 Å². The Morgan fingerprint density at radius 3 is 2.86 bits per heavy atom. The number of ether oxygens (including phenoxy) is 1. The molecule has 2 rings (SSSR count). The van der Waals surface area contributed by atoms with Crippen LogP contribution in [0.2, 0.25) is 0 Å². The summed E-state index contributed by atoms with van der Waals surface area (Å²) >= 11 is 0. The molecular formula is C16H20N2O3. The van der Waals surface area contributed by atoms with Gasteiger partial charge in [0.15, 0.2) is 0 Å². The average molecular weight is 288 g/mol. The summed E-state index contributed by atoms with van der Waals surface area (Å²) in [6.45, 7) is 6.69.